The van der Waals surface area contributed by atoms with Crippen LogP contribution in [0.5, 0.6) is 0 Å². The maximum absolute atomic E-state index is 7.05. The first-order valence-electron chi connectivity index (χ1n) is 4.51. The van der Waals surface area contributed by atoms with Crippen molar-refractivity contribution in [2.75, 3.05) is 6.54 Å². The summed E-state index contributed by atoms with van der Waals surface area (Å²) in [6, 6.07) is 0. The van der Waals surface area contributed by atoms with Crippen molar-refractivity contribution in [1.82, 2.24) is 0 Å². The molecule has 0 fully saturated rings. The van der Waals surface area contributed by atoms with Crippen LogP contribution in [0.2, 0.25) is 0 Å². The molecule has 0 atom stereocenters. The molecular formula is C9H20N3. The molecule has 0 rings (SSSR count). The SMILES string of the molecule is C[C](CCCCN)CCC(=N)N. The molecule has 3 heteroatoms. The highest BCUT2D eigenvalue weighted by atomic mass is 14.7. The van der Waals surface area contributed by atoms with Gasteiger partial charge < -0.3 is 11.5 Å². The molecule has 0 aliphatic carbocycles. The second kappa shape index (κ2) is 7.10. The Morgan fingerprint density at radius 2 is 1.83 bits per heavy atom. The Bertz CT molecular complexity index is 123. The van der Waals surface area contributed by atoms with Gasteiger partial charge in [-0.05, 0) is 31.7 Å². The van der Waals surface area contributed by atoms with Gasteiger partial charge in [0.15, 0.2) is 0 Å². The summed E-state index contributed by atoms with van der Waals surface area (Å²) in [4.78, 5) is 0. The van der Waals surface area contributed by atoms with Crippen molar-refractivity contribution >= 4 is 5.84 Å². The summed E-state index contributed by atoms with van der Waals surface area (Å²) < 4.78 is 0. The first kappa shape index (κ1) is 11.4. The Balaban J connectivity index is 3.21. The lowest BCUT2D eigenvalue weighted by atomic mass is 9.98. The third-order valence-electron chi connectivity index (χ3n) is 1.88. The van der Waals surface area contributed by atoms with Crippen LogP contribution < -0.4 is 11.5 Å². The van der Waals surface area contributed by atoms with Crippen LogP contribution in [0.3, 0.4) is 0 Å². The zero-order chi connectivity index (χ0) is 9.40. The summed E-state index contributed by atoms with van der Waals surface area (Å²) >= 11 is 0. The van der Waals surface area contributed by atoms with Gasteiger partial charge in [-0.15, -0.1) is 0 Å². The highest BCUT2D eigenvalue weighted by Crippen LogP contribution is 2.15. The Morgan fingerprint density at radius 3 is 2.33 bits per heavy atom. The zero-order valence-electron chi connectivity index (χ0n) is 7.90. The standard InChI is InChI=1S/C9H20N3/c1-8(4-2-3-7-10)5-6-9(11)12/h2-7,10H2,1H3,(H3,11,12). The van der Waals surface area contributed by atoms with Crippen LogP contribution in [0.4, 0.5) is 0 Å². The van der Waals surface area contributed by atoms with E-state index in [-0.39, 0.29) is 5.84 Å². The lowest BCUT2D eigenvalue weighted by Crippen LogP contribution is -2.10. The van der Waals surface area contributed by atoms with E-state index in [9.17, 15) is 0 Å². The van der Waals surface area contributed by atoms with E-state index in [1.54, 1.807) is 0 Å². The molecule has 0 aromatic carbocycles. The average Bonchev–Trinajstić information content (AvgIpc) is 2.01. The number of hydrogen-bond acceptors (Lipinski definition) is 2. The van der Waals surface area contributed by atoms with Crippen molar-refractivity contribution in [1.29, 1.82) is 5.41 Å². The summed E-state index contributed by atoms with van der Waals surface area (Å²) in [5.41, 5.74) is 10.6. The summed E-state index contributed by atoms with van der Waals surface area (Å²) in [6.45, 7) is 2.90. The van der Waals surface area contributed by atoms with Crippen LogP contribution in [-0.4, -0.2) is 12.4 Å². The average molecular weight is 170 g/mol. The molecule has 0 bridgehead atoms. The largest absolute Gasteiger partial charge is 0.388 e. The molecule has 0 saturated heterocycles. The molecule has 0 saturated carbocycles. The van der Waals surface area contributed by atoms with Crippen LogP contribution in [-0.2, 0) is 0 Å². The summed E-state index contributed by atoms with van der Waals surface area (Å²) in [6.07, 6.45) is 5.05. The van der Waals surface area contributed by atoms with Gasteiger partial charge in [0.05, 0.1) is 5.84 Å². The summed E-state index contributed by atoms with van der Waals surface area (Å²) in [5, 5.41) is 7.05. The zero-order valence-corrected chi connectivity index (χ0v) is 7.90. The molecule has 0 aliphatic rings. The number of nitrogens with one attached hydrogen (secondary N) is 1. The Hall–Kier alpha value is -0.570. The van der Waals surface area contributed by atoms with Gasteiger partial charge in [0.1, 0.15) is 0 Å². The third-order valence-corrected chi connectivity index (χ3v) is 1.88. The highest BCUT2D eigenvalue weighted by Gasteiger charge is 2.02. The first-order valence-corrected chi connectivity index (χ1v) is 4.51. The van der Waals surface area contributed by atoms with E-state index in [0.717, 1.165) is 25.8 Å². The number of nitrogens with two attached hydrogens (primary N) is 2. The van der Waals surface area contributed by atoms with E-state index in [4.69, 9.17) is 16.9 Å². The minimum absolute atomic E-state index is 0.285. The van der Waals surface area contributed by atoms with Crippen LogP contribution >= 0.6 is 0 Å². The summed E-state index contributed by atoms with van der Waals surface area (Å²) in [5.74, 6) is 1.71. The second-order valence-corrected chi connectivity index (χ2v) is 3.23. The van der Waals surface area contributed by atoms with Gasteiger partial charge >= 0.3 is 0 Å². The van der Waals surface area contributed by atoms with E-state index in [1.807, 2.05) is 0 Å². The molecule has 71 valence electrons. The smallest absolute Gasteiger partial charge is 0.0905 e. The van der Waals surface area contributed by atoms with Gasteiger partial charge in [-0.2, -0.15) is 0 Å². The van der Waals surface area contributed by atoms with E-state index < -0.39 is 0 Å². The second-order valence-electron chi connectivity index (χ2n) is 3.23. The maximum atomic E-state index is 7.05. The minimum Gasteiger partial charge on any atom is -0.388 e. The van der Waals surface area contributed by atoms with Crippen LogP contribution in [0, 0.1) is 11.3 Å². The van der Waals surface area contributed by atoms with Gasteiger partial charge in [-0.1, -0.05) is 13.3 Å². The van der Waals surface area contributed by atoms with Crippen molar-refractivity contribution in [3.8, 4) is 0 Å². The predicted molar refractivity (Wildman–Crippen MR) is 53.0 cm³/mol. The van der Waals surface area contributed by atoms with Crippen LogP contribution in [0.25, 0.3) is 0 Å². The molecule has 0 aliphatic heterocycles. The topological polar surface area (TPSA) is 75.9 Å². The molecule has 12 heavy (non-hydrogen) atoms. The molecular weight excluding hydrogens is 150 g/mol. The molecule has 1 radical (unpaired) electrons. The Labute approximate surface area is 75.0 Å². The normalized spacial score (nSPS) is 10.6. The van der Waals surface area contributed by atoms with Crippen molar-refractivity contribution in [2.45, 2.75) is 39.0 Å². The van der Waals surface area contributed by atoms with Crippen molar-refractivity contribution in [2.24, 2.45) is 11.5 Å². The minimum atomic E-state index is 0.285. The van der Waals surface area contributed by atoms with Gasteiger partial charge in [0, 0.05) is 6.42 Å². The lowest BCUT2D eigenvalue weighted by Gasteiger charge is -2.08. The Morgan fingerprint density at radius 1 is 1.17 bits per heavy atom. The van der Waals surface area contributed by atoms with Crippen molar-refractivity contribution in [3.05, 3.63) is 5.92 Å². The van der Waals surface area contributed by atoms with Crippen LogP contribution in [0.1, 0.15) is 39.0 Å². The fraction of sp³-hybridized carbons (Fsp3) is 0.778. The number of amidine groups is 1. The molecule has 0 unspecified atom stereocenters. The number of hydrogen-bond donors (Lipinski definition) is 3. The van der Waals surface area contributed by atoms with E-state index in [0.29, 0.717) is 6.42 Å². The molecule has 0 aromatic rings. The highest BCUT2D eigenvalue weighted by molar-refractivity contribution is 5.76. The molecule has 5 N–H and O–H groups in total. The van der Waals surface area contributed by atoms with E-state index >= 15 is 0 Å². The molecule has 0 amide bonds. The molecule has 0 spiro atoms. The lowest BCUT2D eigenvalue weighted by molar-refractivity contribution is 0.660. The van der Waals surface area contributed by atoms with Gasteiger partial charge in [0.25, 0.3) is 0 Å². The monoisotopic (exact) mass is 170 g/mol. The predicted octanol–water partition coefficient (Wildman–Crippen LogP) is 1.43. The van der Waals surface area contributed by atoms with Gasteiger partial charge in [-0.3, -0.25) is 5.41 Å². The van der Waals surface area contributed by atoms with Crippen LogP contribution in [0.15, 0.2) is 0 Å². The maximum Gasteiger partial charge on any atom is 0.0905 e. The van der Waals surface area contributed by atoms with Gasteiger partial charge in [0.2, 0.25) is 0 Å². The van der Waals surface area contributed by atoms with Crippen molar-refractivity contribution in [3.63, 3.8) is 0 Å². The Kier molecular flexibility index (Phi) is 6.76. The van der Waals surface area contributed by atoms with E-state index in [1.165, 1.54) is 12.3 Å². The molecule has 0 aromatic heterocycles. The third kappa shape index (κ3) is 7.54. The summed E-state index contributed by atoms with van der Waals surface area (Å²) in [7, 11) is 0. The molecule has 3 nitrogen and oxygen atoms in total. The van der Waals surface area contributed by atoms with E-state index in [2.05, 4.69) is 6.92 Å². The molecule has 0 heterocycles. The number of unbranched alkanes of at least 4 members (excludes halogenated alkanes) is 1. The quantitative estimate of drug-likeness (QED) is 0.307. The first-order chi connectivity index (χ1) is 5.66. The van der Waals surface area contributed by atoms with Crippen molar-refractivity contribution < 1.29 is 0 Å². The fourth-order valence-corrected chi connectivity index (χ4v) is 1.04. The van der Waals surface area contributed by atoms with Gasteiger partial charge in [-0.25, -0.2) is 0 Å². The number of rotatable bonds is 7. The fourth-order valence-electron chi connectivity index (χ4n) is 1.04.